The Bertz CT molecular complexity index is 1340. The highest BCUT2D eigenvalue weighted by molar-refractivity contribution is 5.96. The number of fused-ring (bicyclic) bond motifs is 1. The van der Waals surface area contributed by atoms with Crippen LogP contribution in [0.3, 0.4) is 0 Å². The van der Waals surface area contributed by atoms with Crippen LogP contribution < -0.4 is 10.1 Å². The molecule has 1 N–H and O–H groups in total. The van der Waals surface area contributed by atoms with Crippen molar-refractivity contribution in [3.63, 3.8) is 0 Å². The number of amides is 2. The fourth-order valence-electron chi connectivity index (χ4n) is 5.99. The lowest BCUT2D eigenvalue weighted by Gasteiger charge is -2.33. The number of halogens is 1. The first-order chi connectivity index (χ1) is 17.8. The molecule has 6 rings (SSSR count). The molecule has 1 aromatic carbocycles. The number of hydrogen-bond donors (Lipinski definition) is 1. The van der Waals surface area contributed by atoms with Crippen molar-refractivity contribution in [2.24, 2.45) is 11.3 Å². The van der Waals surface area contributed by atoms with Gasteiger partial charge in [-0.15, -0.1) is 0 Å². The van der Waals surface area contributed by atoms with E-state index < -0.39 is 6.10 Å². The van der Waals surface area contributed by atoms with Gasteiger partial charge >= 0.3 is 0 Å². The summed E-state index contributed by atoms with van der Waals surface area (Å²) in [5, 5.41) is 7.65. The van der Waals surface area contributed by atoms with Gasteiger partial charge in [-0.2, -0.15) is 5.10 Å². The molecule has 1 saturated heterocycles. The maximum absolute atomic E-state index is 13.4. The maximum atomic E-state index is 13.4. The van der Waals surface area contributed by atoms with Gasteiger partial charge in [0.25, 0.3) is 11.8 Å². The monoisotopic (exact) mass is 503 g/mol. The first kappa shape index (κ1) is 23.6. The lowest BCUT2D eigenvalue weighted by molar-refractivity contribution is -0.127. The van der Waals surface area contributed by atoms with Crippen molar-refractivity contribution in [1.82, 2.24) is 25.0 Å². The Morgan fingerprint density at radius 1 is 1.16 bits per heavy atom. The highest BCUT2D eigenvalue weighted by Gasteiger charge is 2.55. The van der Waals surface area contributed by atoms with Gasteiger partial charge in [0.1, 0.15) is 11.6 Å². The van der Waals surface area contributed by atoms with E-state index in [0.29, 0.717) is 49.0 Å². The summed E-state index contributed by atoms with van der Waals surface area (Å²) in [6, 6.07) is 8.00. The van der Waals surface area contributed by atoms with Gasteiger partial charge in [0.2, 0.25) is 0 Å². The number of piperidine rings is 1. The lowest BCUT2D eigenvalue weighted by Crippen LogP contribution is -2.41. The Morgan fingerprint density at radius 2 is 1.92 bits per heavy atom. The van der Waals surface area contributed by atoms with Gasteiger partial charge in [-0.3, -0.25) is 14.6 Å². The van der Waals surface area contributed by atoms with Crippen LogP contribution in [0.4, 0.5) is 4.39 Å². The number of aromatic nitrogens is 3. The number of nitrogens with one attached hydrogen (secondary N) is 1. The van der Waals surface area contributed by atoms with E-state index in [2.05, 4.69) is 15.4 Å². The molecule has 1 saturated carbocycles. The van der Waals surface area contributed by atoms with Crippen molar-refractivity contribution in [1.29, 1.82) is 0 Å². The Hall–Kier alpha value is -3.75. The van der Waals surface area contributed by atoms with Gasteiger partial charge in [0.15, 0.2) is 6.10 Å². The fourth-order valence-corrected chi connectivity index (χ4v) is 5.99. The second kappa shape index (κ2) is 8.97. The van der Waals surface area contributed by atoms with Crippen LogP contribution in [0.5, 0.6) is 5.75 Å². The van der Waals surface area contributed by atoms with E-state index in [-0.39, 0.29) is 23.0 Å². The largest absolute Gasteiger partial charge is 0.478 e. The molecule has 1 spiro atoms. The third-order valence-electron chi connectivity index (χ3n) is 8.34. The zero-order valence-corrected chi connectivity index (χ0v) is 21.0. The molecule has 2 fully saturated rings. The van der Waals surface area contributed by atoms with Crippen LogP contribution in [-0.4, -0.2) is 57.2 Å². The molecule has 3 aliphatic rings. The van der Waals surface area contributed by atoms with Gasteiger partial charge in [-0.05, 0) is 74.8 Å². The molecule has 2 atom stereocenters. The van der Waals surface area contributed by atoms with Crippen LogP contribution in [0.25, 0.3) is 5.69 Å². The highest BCUT2D eigenvalue weighted by atomic mass is 19.1. The molecule has 0 radical (unpaired) electrons. The summed E-state index contributed by atoms with van der Waals surface area (Å²) in [5.41, 5.74) is 4.00. The van der Waals surface area contributed by atoms with Crippen LogP contribution in [0, 0.1) is 31.0 Å². The average molecular weight is 504 g/mol. The van der Waals surface area contributed by atoms with Gasteiger partial charge in [-0.25, -0.2) is 9.07 Å². The summed E-state index contributed by atoms with van der Waals surface area (Å²) < 4.78 is 20.8. The number of likely N-dealkylation sites (tertiary alicyclic amines) is 1. The minimum Gasteiger partial charge on any atom is -0.478 e. The molecule has 2 aromatic heterocycles. The van der Waals surface area contributed by atoms with Crippen molar-refractivity contribution in [2.75, 3.05) is 19.6 Å². The molecule has 2 unspecified atom stereocenters. The number of pyridine rings is 1. The van der Waals surface area contributed by atoms with Crippen molar-refractivity contribution in [3.8, 4) is 11.4 Å². The number of benzene rings is 1. The predicted octanol–water partition coefficient (Wildman–Crippen LogP) is 3.39. The number of ether oxygens (including phenoxy) is 1. The molecule has 0 bridgehead atoms. The van der Waals surface area contributed by atoms with Gasteiger partial charge in [-0.1, -0.05) is 0 Å². The van der Waals surface area contributed by atoms with E-state index in [0.717, 1.165) is 36.2 Å². The summed E-state index contributed by atoms with van der Waals surface area (Å²) in [5.74, 6) is 0.739. The van der Waals surface area contributed by atoms with Crippen LogP contribution in [0.1, 0.15) is 46.6 Å². The lowest BCUT2D eigenvalue weighted by atomic mass is 9.90. The highest BCUT2D eigenvalue weighted by Crippen LogP contribution is 2.59. The summed E-state index contributed by atoms with van der Waals surface area (Å²) in [6.45, 7) is 5.75. The summed E-state index contributed by atoms with van der Waals surface area (Å²) in [6.07, 6.45) is 6.40. The standard InChI is InChI=1S/C28H30FN5O3/c1-17-25(18(2)34(32-17)22-5-3-21(29)4-6-22)27(36)33-11-8-28(9-12-33)14-20(28)15-31-26(35)23-13-19-7-10-30-16-24(19)37-23/h3-7,10,16,20,23H,8-9,11-15H2,1-2H3,(H,31,35). The fraction of sp³-hybridized carbons (Fsp3) is 0.429. The number of rotatable bonds is 5. The van der Waals surface area contributed by atoms with E-state index in [1.54, 1.807) is 29.2 Å². The quantitative estimate of drug-likeness (QED) is 0.577. The Kier molecular flexibility index (Phi) is 5.73. The van der Waals surface area contributed by atoms with Crippen LogP contribution >= 0.6 is 0 Å². The smallest absolute Gasteiger partial charge is 0.261 e. The number of aryl methyl sites for hydroxylation is 1. The molecular weight excluding hydrogens is 473 g/mol. The summed E-state index contributed by atoms with van der Waals surface area (Å²) >= 11 is 0. The van der Waals surface area contributed by atoms with Gasteiger partial charge in [0, 0.05) is 37.8 Å². The third-order valence-corrected chi connectivity index (χ3v) is 8.34. The minimum atomic E-state index is -0.490. The van der Waals surface area contributed by atoms with E-state index in [4.69, 9.17) is 4.74 Å². The van der Waals surface area contributed by atoms with E-state index in [1.165, 1.54) is 12.1 Å². The summed E-state index contributed by atoms with van der Waals surface area (Å²) in [7, 11) is 0. The molecule has 1 aliphatic carbocycles. The number of hydrogen-bond acceptors (Lipinski definition) is 5. The normalized spacial score (nSPS) is 21.4. The van der Waals surface area contributed by atoms with Crippen molar-refractivity contribution < 1.29 is 18.7 Å². The molecule has 2 amide bonds. The zero-order valence-electron chi connectivity index (χ0n) is 21.0. The van der Waals surface area contributed by atoms with E-state index >= 15 is 0 Å². The Balaban J connectivity index is 1.03. The molecule has 192 valence electrons. The van der Waals surface area contributed by atoms with Crippen molar-refractivity contribution in [2.45, 2.75) is 45.6 Å². The van der Waals surface area contributed by atoms with Crippen LogP contribution in [-0.2, 0) is 11.2 Å². The molecule has 4 heterocycles. The second-order valence-corrected chi connectivity index (χ2v) is 10.5. The van der Waals surface area contributed by atoms with E-state index in [9.17, 15) is 14.0 Å². The van der Waals surface area contributed by atoms with Crippen molar-refractivity contribution in [3.05, 3.63) is 71.1 Å². The molecular formula is C28H30FN5O3. The molecule has 2 aliphatic heterocycles. The molecule has 8 nitrogen and oxygen atoms in total. The first-order valence-electron chi connectivity index (χ1n) is 12.8. The van der Waals surface area contributed by atoms with Crippen LogP contribution in [0.15, 0.2) is 42.7 Å². The maximum Gasteiger partial charge on any atom is 0.261 e. The number of nitrogens with zero attached hydrogens (tertiary/aromatic N) is 4. The SMILES string of the molecule is Cc1nn(-c2ccc(F)cc2)c(C)c1C(=O)N1CCC2(CC1)CC2CNC(=O)C1Cc2ccncc2O1. The number of carbonyl (C=O) groups excluding carboxylic acids is 2. The molecule has 37 heavy (non-hydrogen) atoms. The topological polar surface area (TPSA) is 89.4 Å². The third kappa shape index (κ3) is 4.26. The van der Waals surface area contributed by atoms with Crippen molar-refractivity contribution >= 4 is 11.8 Å². The first-order valence-corrected chi connectivity index (χ1v) is 12.8. The Morgan fingerprint density at radius 3 is 2.65 bits per heavy atom. The van der Waals surface area contributed by atoms with Gasteiger partial charge in [0.05, 0.1) is 28.8 Å². The van der Waals surface area contributed by atoms with E-state index in [1.807, 2.05) is 24.8 Å². The van der Waals surface area contributed by atoms with Gasteiger partial charge < -0.3 is 15.0 Å². The Labute approximate surface area is 214 Å². The molecule has 3 aromatic rings. The second-order valence-electron chi connectivity index (χ2n) is 10.5. The summed E-state index contributed by atoms with van der Waals surface area (Å²) in [4.78, 5) is 32.1. The van der Waals surface area contributed by atoms with Crippen LogP contribution in [0.2, 0.25) is 0 Å². The average Bonchev–Trinajstić information content (AvgIpc) is 3.23. The molecule has 9 heteroatoms. The zero-order chi connectivity index (χ0) is 25.7. The minimum absolute atomic E-state index is 0.00356. The number of carbonyl (C=O) groups is 2. The predicted molar refractivity (Wildman–Crippen MR) is 134 cm³/mol.